The zero-order chi connectivity index (χ0) is 14.7. The summed E-state index contributed by atoms with van der Waals surface area (Å²) in [5.41, 5.74) is 0.894. The molecule has 0 aliphatic rings. The van der Waals surface area contributed by atoms with E-state index < -0.39 is 0 Å². The summed E-state index contributed by atoms with van der Waals surface area (Å²) in [7, 11) is 0. The summed E-state index contributed by atoms with van der Waals surface area (Å²) >= 11 is 0. The summed E-state index contributed by atoms with van der Waals surface area (Å²) in [6.45, 7) is 0. The number of hydrogen-bond donors (Lipinski definition) is 2. The van der Waals surface area contributed by atoms with Crippen LogP contribution < -0.4 is 5.32 Å². The molecule has 2 aromatic carbocycles. The summed E-state index contributed by atoms with van der Waals surface area (Å²) in [5, 5.41) is 19.8. The summed E-state index contributed by atoms with van der Waals surface area (Å²) < 4.78 is 5.33. The number of rotatable bonds is 3. The molecule has 0 atom stereocenters. The van der Waals surface area contributed by atoms with E-state index in [0.29, 0.717) is 11.1 Å². The molecule has 0 radical (unpaired) electrons. The van der Waals surface area contributed by atoms with E-state index in [1.54, 1.807) is 42.5 Å². The number of nitrogens with zero attached hydrogens (tertiary/aromatic N) is 2. The van der Waals surface area contributed by atoms with Gasteiger partial charge in [0.25, 0.3) is 11.8 Å². The molecular weight excluding hydrogens is 270 g/mol. The predicted molar refractivity (Wildman–Crippen MR) is 75.8 cm³/mol. The average molecular weight is 281 g/mol. The van der Waals surface area contributed by atoms with Gasteiger partial charge in [-0.25, -0.2) is 0 Å². The number of anilines is 1. The molecule has 104 valence electrons. The molecule has 21 heavy (non-hydrogen) atoms. The molecule has 0 unspecified atom stereocenters. The van der Waals surface area contributed by atoms with E-state index in [0.717, 1.165) is 0 Å². The van der Waals surface area contributed by atoms with Crippen molar-refractivity contribution >= 4 is 11.9 Å². The summed E-state index contributed by atoms with van der Waals surface area (Å²) in [4.78, 5) is 11.9. The minimum atomic E-state index is -0.344. The minimum absolute atomic E-state index is 0.0258. The van der Waals surface area contributed by atoms with Gasteiger partial charge in [0.05, 0.1) is 5.56 Å². The third-order valence-corrected chi connectivity index (χ3v) is 2.82. The highest BCUT2D eigenvalue weighted by atomic mass is 16.4. The molecule has 0 spiro atoms. The highest BCUT2D eigenvalue weighted by Crippen LogP contribution is 2.28. The van der Waals surface area contributed by atoms with Crippen LogP contribution in [0.15, 0.2) is 59.0 Å². The van der Waals surface area contributed by atoms with Crippen molar-refractivity contribution in [2.75, 3.05) is 5.32 Å². The molecule has 3 rings (SSSR count). The fourth-order valence-electron chi connectivity index (χ4n) is 1.80. The van der Waals surface area contributed by atoms with Gasteiger partial charge in [-0.05, 0) is 24.3 Å². The highest BCUT2D eigenvalue weighted by Gasteiger charge is 2.14. The molecule has 1 amide bonds. The maximum Gasteiger partial charge on any atom is 0.322 e. The molecular formula is C15H11N3O3. The van der Waals surface area contributed by atoms with Gasteiger partial charge in [-0.3, -0.25) is 10.1 Å². The van der Waals surface area contributed by atoms with Crippen LogP contribution in [0.5, 0.6) is 5.75 Å². The maximum absolute atomic E-state index is 11.9. The lowest BCUT2D eigenvalue weighted by molar-refractivity contribution is 0.102. The van der Waals surface area contributed by atoms with Crippen LogP contribution in [0.25, 0.3) is 11.5 Å². The van der Waals surface area contributed by atoms with Gasteiger partial charge in [-0.15, -0.1) is 5.10 Å². The van der Waals surface area contributed by atoms with Crippen LogP contribution in [0, 0.1) is 0 Å². The number of phenolic OH excluding ortho intramolecular Hbond substituents is 1. The van der Waals surface area contributed by atoms with Crippen LogP contribution in [-0.4, -0.2) is 21.2 Å². The average Bonchev–Trinajstić information content (AvgIpc) is 2.97. The molecule has 1 heterocycles. The molecule has 2 N–H and O–H groups in total. The van der Waals surface area contributed by atoms with E-state index in [1.807, 2.05) is 6.07 Å². The Kier molecular flexibility index (Phi) is 3.34. The van der Waals surface area contributed by atoms with Gasteiger partial charge < -0.3 is 9.52 Å². The van der Waals surface area contributed by atoms with Crippen molar-refractivity contribution in [3.8, 4) is 17.2 Å². The standard InChI is InChI=1S/C15H11N3O3/c19-12-9-5-4-8-11(12)14-17-18-15(21-14)16-13(20)10-6-2-1-3-7-10/h1-9,19H,(H,16,18,20). The Morgan fingerprint density at radius 1 is 1.00 bits per heavy atom. The molecule has 0 fully saturated rings. The second-order valence-electron chi connectivity index (χ2n) is 4.25. The second kappa shape index (κ2) is 5.46. The first-order chi connectivity index (χ1) is 10.2. The third kappa shape index (κ3) is 2.74. The van der Waals surface area contributed by atoms with Gasteiger partial charge >= 0.3 is 6.01 Å². The van der Waals surface area contributed by atoms with E-state index >= 15 is 0 Å². The van der Waals surface area contributed by atoms with E-state index in [4.69, 9.17) is 4.42 Å². The van der Waals surface area contributed by atoms with E-state index in [-0.39, 0.29) is 23.6 Å². The number of amides is 1. The SMILES string of the molecule is O=C(Nc1nnc(-c2ccccc2O)o1)c1ccccc1. The molecule has 0 saturated carbocycles. The number of phenols is 1. The van der Waals surface area contributed by atoms with Crippen molar-refractivity contribution < 1.29 is 14.3 Å². The number of carbonyl (C=O) groups excluding carboxylic acids is 1. The van der Waals surface area contributed by atoms with Crippen LogP contribution in [-0.2, 0) is 0 Å². The van der Waals surface area contributed by atoms with Crippen LogP contribution in [0.4, 0.5) is 6.01 Å². The van der Waals surface area contributed by atoms with E-state index in [9.17, 15) is 9.90 Å². The summed E-state index contributed by atoms with van der Waals surface area (Å²) in [5.74, 6) is -0.179. The molecule has 0 bridgehead atoms. The molecule has 0 saturated heterocycles. The zero-order valence-electron chi connectivity index (χ0n) is 10.9. The summed E-state index contributed by atoms with van der Waals surface area (Å²) in [6, 6.07) is 15.3. The lowest BCUT2D eigenvalue weighted by Crippen LogP contribution is -2.11. The van der Waals surface area contributed by atoms with Gasteiger partial charge in [0.15, 0.2) is 0 Å². The van der Waals surface area contributed by atoms with Gasteiger partial charge in [0.2, 0.25) is 0 Å². The lowest BCUT2D eigenvalue weighted by atomic mass is 10.2. The monoisotopic (exact) mass is 281 g/mol. The fraction of sp³-hybridized carbons (Fsp3) is 0. The van der Waals surface area contributed by atoms with Gasteiger partial charge in [0, 0.05) is 5.56 Å². The fourth-order valence-corrected chi connectivity index (χ4v) is 1.80. The van der Waals surface area contributed by atoms with Crippen molar-refractivity contribution in [1.82, 2.24) is 10.2 Å². The minimum Gasteiger partial charge on any atom is -0.507 e. The summed E-state index contributed by atoms with van der Waals surface area (Å²) in [6.07, 6.45) is 0. The van der Waals surface area contributed by atoms with Gasteiger partial charge in [-0.1, -0.05) is 35.4 Å². The Morgan fingerprint density at radius 2 is 1.71 bits per heavy atom. The van der Waals surface area contributed by atoms with Gasteiger partial charge in [-0.2, -0.15) is 0 Å². The molecule has 0 aliphatic heterocycles. The number of aromatic hydroxyl groups is 1. The van der Waals surface area contributed by atoms with Crippen molar-refractivity contribution in [2.24, 2.45) is 0 Å². The first-order valence-corrected chi connectivity index (χ1v) is 6.22. The Morgan fingerprint density at radius 3 is 2.48 bits per heavy atom. The lowest BCUT2D eigenvalue weighted by Gasteiger charge is -2.00. The topological polar surface area (TPSA) is 88.2 Å². The van der Waals surface area contributed by atoms with Crippen molar-refractivity contribution in [3.63, 3.8) is 0 Å². The number of para-hydroxylation sites is 1. The Bertz CT molecular complexity index is 769. The normalized spacial score (nSPS) is 10.3. The van der Waals surface area contributed by atoms with Crippen molar-refractivity contribution in [1.29, 1.82) is 0 Å². The zero-order valence-corrected chi connectivity index (χ0v) is 10.9. The third-order valence-electron chi connectivity index (χ3n) is 2.82. The van der Waals surface area contributed by atoms with Crippen molar-refractivity contribution in [2.45, 2.75) is 0 Å². The van der Waals surface area contributed by atoms with Crippen LogP contribution in [0.2, 0.25) is 0 Å². The van der Waals surface area contributed by atoms with Crippen LogP contribution >= 0.6 is 0 Å². The van der Waals surface area contributed by atoms with Gasteiger partial charge in [0.1, 0.15) is 5.75 Å². The van der Waals surface area contributed by atoms with Crippen LogP contribution in [0.3, 0.4) is 0 Å². The second-order valence-corrected chi connectivity index (χ2v) is 4.25. The number of hydrogen-bond acceptors (Lipinski definition) is 5. The van der Waals surface area contributed by atoms with E-state index in [1.165, 1.54) is 6.07 Å². The Labute approximate surface area is 120 Å². The van der Waals surface area contributed by atoms with Crippen molar-refractivity contribution in [3.05, 3.63) is 60.2 Å². The Hall–Kier alpha value is -3.15. The molecule has 6 nitrogen and oxygen atoms in total. The number of aromatic nitrogens is 2. The smallest absolute Gasteiger partial charge is 0.322 e. The number of nitrogens with one attached hydrogen (secondary N) is 1. The van der Waals surface area contributed by atoms with E-state index in [2.05, 4.69) is 15.5 Å². The molecule has 3 aromatic rings. The quantitative estimate of drug-likeness (QED) is 0.770. The largest absolute Gasteiger partial charge is 0.507 e. The Balaban J connectivity index is 1.80. The first-order valence-electron chi connectivity index (χ1n) is 6.22. The number of benzene rings is 2. The highest BCUT2D eigenvalue weighted by molar-refractivity contribution is 6.03. The molecule has 6 heteroatoms. The maximum atomic E-state index is 11.9. The number of carbonyl (C=O) groups is 1. The molecule has 1 aromatic heterocycles. The predicted octanol–water partition coefficient (Wildman–Crippen LogP) is 2.69. The first kappa shape index (κ1) is 12.9. The van der Waals surface area contributed by atoms with Crippen LogP contribution in [0.1, 0.15) is 10.4 Å². The molecule has 0 aliphatic carbocycles.